The van der Waals surface area contributed by atoms with Crippen LogP contribution in [-0.4, -0.2) is 48.8 Å². The molecular formula is C15H15F3N6O5. The Hall–Kier alpha value is -3.45. The van der Waals surface area contributed by atoms with E-state index >= 15 is 0 Å². The second-order valence-corrected chi connectivity index (χ2v) is 6.33. The van der Waals surface area contributed by atoms with Gasteiger partial charge in [-0.2, -0.15) is 18.2 Å². The van der Waals surface area contributed by atoms with E-state index in [9.17, 15) is 28.1 Å². The first-order valence-corrected chi connectivity index (χ1v) is 8.33. The van der Waals surface area contributed by atoms with Crippen LogP contribution < -0.4 is 9.64 Å². The average Bonchev–Trinajstić information content (AvgIpc) is 3.02. The van der Waals surface area contributed by atoms with Crippen molar-refractivity contribution >= 4 is 17.5 Å². The molecule has 0 aliphatic carbocycles. The standard InChI is InChI=1S/C15H15F3N6O5/c1-22-6-9(15(16,17)18)12(21-22)29-13-10(24(27)28)11(19-7-20-13)23-4-2-8(3-5-23)14(25)26/h6-8H,2-5H2,1H3,(H,25,26). The number of piperidine rings is 1. The number of aromatic nitrogens is 4. The molecule has 0 atom stereocenters. The van der Waals surface area contributed by atoms with E-state index in [1.165, 1.54) is 11.9 Å². The molecule has 0 amide bonds. The topological polar surface area (TPSA) is 137 Å². The summed E-state index contributed by atoms with van der Waals surface area (Å²) in [6.07, 6.45) is -2.69. The number of carboxylic acids is 1. The molecular weight excluding hydrogens is 401 g/mol. The molecule has 2 aromatic rings. The van der Waals surface area contributed by atoms with Crippen LogP contribution in [0.15, 0.2) is 12.5 Å². The Morgan fingerprint density at radius 3 is 2.52 bits per heavy atom. The molecule has 0 spiro atoms. The van der Waals surface area contributed by atoms with E-state index in [2.05, 4.69) is 15.1 Å². The van der Waals surface area contributed by atoms with Crippen molar-refractivity contribution in [3.05, 3.63) is 28.2 Å². The maximum atomic E-state index is 13.1. The molecule has 3 heterocycles. The van der Waals surface area contributed by atoms with Gasteiger partial charge < -0.3 is 14.7 Å². The lowest BCUT2D eigenvalue weighted by Crippen LogP contribution is -2.37. The Bertz CT molecular complexity index is 939. The molecule has 156 valence electrons. The zero-order valence-corrected chi connectivity index (χ0v) is 15.0. The van der Waals surface area contributed by atoms with Gasteiger partial charge in [0.05, 0.1) is 10.8 Å². The normalized spacial score (nSPS) is 15.4. The molecule has 11 nitrogen and oxygen atoms in total. The van der Waals surface area contributed by atoms with Gasteiger partial charge in [0.25, 0.3) is 5.88 Å². The van der Waals surface area contributed by atoms with Crippen molar-refractivity contribution in [2.45, 2.75) is 19.0 Å². The number of rotatable bonds is 5. The summed E-state index contributed by atoms with van der Waals surface area (Å²) in [6, 6.07) is 0. The fourth-order valence-corrected chi connectivity index (χ4v) is 2.99. The third-order valence-electron chi connectivity index (χ3n) is 4.39. The van der Waals surface area contributed by atoms with Crippen LogP contribution in [-0.2, 0) is 18.0 Å². The van der Waals surface area contributed by atoms with Crippen LogP contribution in [0.25, 0.3) is 0 Å². The summed E-state index contributed by atoms with van der Waals surface area (Å²) in [5.74, 6) is -3.26. The highest BCUT2D eigenvalue weighted by Crippen LogP contribution is 2.41. The SMILES string of the molecule is Cn1cc(C(F)(F)F)c(Oc2ncnc(N3CCC(C(=O)O)CC3)c2[N+](=O)[O-])n1. The van der Waals surface area contributed by atoms with Gasteiger partial charge >= 0.3 is 23.7 Å². The number of aryl methyl sites for hydroxylation is 1. The number of carboxylic acid groups (broad SMARTS) is 1. The van der Waals surface area contributed by atoms with E-state index < -0.39 is 46.0 Å². The lowest BCUT2D eigenvalue weighted by molar-refractivity contribution is -0.385. The fourth-order valence-electron chi connectivity index (χ4n) is 2.99. The molecule has 2 aromatic heterocycles. The van der Waals surface area contributed by atoms with Gasteiger partial charge in [0.2, 0.25) is 5.82 Å². The highest BCUT2D eigenvalue weighted by molar-refractivity contribution is 5.71. The van der Waals surface area contributed by atoms with Crippen LogP contribution in [0, 0.1) is 16.0 Å². The van der Waals surface area contributed by atoms with E-state index in [4.69, 9.17) is 9.84 Å². The quantitative estimate of drug-likeness (QED) is 0.574. The molecule has 0 unspecified atom stereocenters. The molecule has 3 rings (SSSR count). The number of anilines is 1. The van der Waals surface area contributed by atoms with E-state index in [-0.39, 0.29) is 31.7 Å². The van der Waals surface area contributed by atoms with Crippen molar-refractivity contribution in [1.29, 1.82) is 0 Å². The summed E-state index contributed by atoms with van der Waals surface area (Å²) >= 11 is 0. The van der Waals surface area contributed by atoms with Gasteiger partial charge in [-0.1, -0.05) is 0 Å². The summed E-state index contributed by atoms with van der Waals surface area (Å²) in [6.45, 7) is 0.345. The zero-order chi connectivity index (χ0) is 21.3. The second kappa shape index (κ2) is 7.52. The first-order chi connectivity index (χ1) is 13.6. The third-order valence-corrected chi connectivity index (χ3v) is 4.39. The number of nitrogens with zero attached hydrogens (tertiary/aromatic N) is 6. The summed E-state index contributed by atoms with van der Waals surface area (Å²) in [5.41, 5.74) is -1.93. The predicted octanol–water partition coefficient (Wildman–Crippen LogP) is 2.23. The molecule has 0 aromatic carbocycles. The van der Waals surface area contributed by atoms with Crippen molar-refractivity contribution in [3.8, 4) is 11.8 Å². The maximum Gasteiger partial charge on any atom is 0.423 e. The summed E-state index contributed by atoms with van der Waals surface area (Å²) in [5, 5.41) is 24.2. The van der Waals surface area contributed by atoms with Gasteiger partial charge in [0.1, 0.15) is 11.9 Å². The summed E-state index contributed by atoms with van der Waals surface area (Å²) in [4.78, 5) is 30.8. The highest BCUT2D eigenvalue weighted by Gasteiger charge is 2.39. The second-order valence-electron chi connectivity index (χ2n) is 6.33. The van der Waals surface area contributed by atoms with Crippen molar-refractivity contribution in [2.24, 2.45) is 13.0 Å². The van der Waals surface area contributed by atoms with Gasteiger partial charge in [-0.3, -0.25) is 19.6 Å². The van der Waals surface area contributed by atoms with Crippen molar-refractivity contribution < 1.29 is 32.7 Å². The smallest absolute Gasteiger partial charge is 0.423 e. The number of hydrogen-bond acceptors (Lipinski definition) is 8. The minimum Gasteiger partial charge on any atom is -0.481 e. The van der Waals surface area contributed by atoms with Crippen LogP contribution in [0.2, 0.25) is 0 Å². The van der Waals surface area contributed by atoms with E-state index in [0.717, 1.165) is 11.0 Å². The lowest BCUT2D eigenvalue weighted by Gasteiger charge is -2.30. The Labute approximate surface area is 160 Å². The molecule has 1 aliphatic heterocycles. The molecule has 14 heteroatoms. The molecule has 1 saturated heterocycles. The Morgan fingerprint density at radius 2 is 1.97 bits per heavy atom. The molecule has 0 bridgehead atoms. The molecule has 1 fully saturated rings. The Kier molecular flexibility index (Phi) is 5.26. The minimum absolute atomic E-state index is 0.159. The van der Waals surface area contributed by atoms with E-state index in [1.807, 2.05) is 0 Å². The fraction of sp³-hybridized carbons (Fsp3) is 0.467. The van der Waals surface area contributed by atoms with Crippen LogP contribution >= 0.6 is 0 Å². The monoisotopic (exact) mass is 416 g/mol. The van der Waals surface area contributed by atoms with Crippen LogP contribution in [0.3, 0.4) is 0 Å². The van der Waals surface area contributed by atoms with Gasteiger partial charge in [-0.05, 0) is 12.8 Å². The average molecular weight is 416 g/mol. The largest absolute Gasteiger partial charge is 0.481 e. The van der Waals surface area contributed by atoms with Gasteiger partial charge in [0, 0.05) is 26.3 Å². The van der Waals surface area contributed by atoms with Gasteiger partial charge in [-0.25, -0.2) is 4.98 Å². The highest BCUT2D eigenvalue weighted by atomic mass is 19.4. The molecule has 0 saturated carbocycles. The first kappa shape index (κ1) is 20.3. The Balaban J connectivity index is 1.95. The van der Waals surface area contributed by atoms with Gasteiger partial charge in [-0.15, -0.1) is 5.10 Å². The molecule has 1 aliphatic rings. The van der Waals surface area contributed by atoms with Crippen molar-refractivity contribution in [2.75, 3.05) is 18.0 Å². The number of halogens is 3. The minimum atomic E-state index is -4.78. The number of carbonyl (C=O) groups is 1. The van der Waals surface area contributed by atoms with Gasteiger partial charge in [0.15, 0.2) is 0 Å². The number of hydrogen-bond donors (Lipinski definition) is 1. The number of aliphatic carboxylic acids is 1. The lowest BCUT2D eigenvalue weighted by atomic mass is 9.97. The molecule has 1 N–H and O–H groups in total. The Morgan fingerprint density at radius 1 is 1.31 bits per heavy atom. The molecule has 29 heavy (non-hydrogen) atoms. The van der Waals surface area contributed by atoms with E-state index in [1.54, 1.807) is 0 Å². The summed E-state index contributed by atoms with van der Waals surface area (Å²) < 4.78 is 45.4. The van der Waals surface area contributed by atoms with E-state index in [0.29, 0.717) is 6.20 Å². The van der Waals surface area contributed by atoms with Crippen molar-refractivity contribution in [3.63, 3.8) is 0 Å². The van der Waals surface area contributed by atoms with Crippen molar-refractivity contribution in [1.82, 2.24) is 19.7 Å². The molecule has 0 radical (unpaired) electrons. The predicted molar refractivity (Wildman–Crippen MR) is 89.5 cm³/mol. The maximum absolute atomic E-state index is 13.1. The van der Waals surface area contributed by atoms with Crippen LogP contribution in [0.4, 0.5) is 24.7 Å². The number of nitro groups is 1. The van der Waals surface area contributed by atoms with Crippen LogP contribution in [0.5, 0.6) is 11.8 Å². The van der Waals surface area contributed by atoms with Crippen LogP contribution in [0.1, 0.15) is 18.4 Å². The summed E-state index contributed by atoms with van der Waals surface area (Å²) in [7, 11) is 1.24. The number of alkyl halides is 3. The third kappa shape index (κ3) is 4.20. The number of ether oxygens (including phenoxy) is 1. The first-order valence-electron chi connectivity index (χ1n) is 8.33. The zero-order valence-electron chi connectivity index (χ0n) is 15.0.